The largest absolute Gasteiger partial charge is 0.335 e. The molecule has 2 atom stereocenters. The summed E-state index contributed by atoms with van der Waals surface area (Å²) in [5, 5.41) is 4.47. The van der Waals surface area contributed by atoms with Crippen LogP contribution in [0.15, 0.2) is 30.6 Å². The minimum atomic E-state index is 0.142. The summed E-state index contributed by atoms with van der Waals surface area (Å²) >= 11 is 0. The molecule has 1 aliphatic carbocycles. The highest BCUT2D eigenvalue weighted by atomic mass is 16.2. The summed E-state index contributed by atoms with van der Waals surface area (Å²) in [5.74, 6) is 1.85. The molecule has 2 unspecified atom stereocenters. The number of rotatable bonds is 3. The second-order valence-corrected chi connectivity index (χ2v) is 6.90. The van der Waals surface area contributed by atoms with E-state index in [-0.39, 0.29) is 11.8 Å². The fourth-order valence-electron chi connectivity index (χ4n) is 3.76. The smallest absolute Gasteiger partial charge is 0.257 e. The van der Waals surface area contributed by atoms with Crippen molar-refractivity contribution in [3.63, 3.8) is 0 Å². The third-order valence-corrected chi connectivity index (χ3v) is 4.97. The minimum Gasteiger partial charge on any atom is -0.335 e. The quantitative estimate of drug-likeness (QED) is 0.875. The third kappa shape index (κ3) is 2.44. The van der Waals surface area contributed by atoms with E-state index in [2.05, 4.69) is 28.8 Å². The van der Waals surface area contributed by atoms with Gasteiger partial charge in [-0.1, -0.05) is 19.9 Å². The van der Waals surface area contributed by atoms with Crippen molar-refractivity contribution in [2.75, 3.05) is 6.54 Å². The zero-order valence-electron chi connectivity index (χ0n) is 13.6. The van der Waals surface area contributed by atoms with Crippen LogP contribution in [0.5, 0.6) is 0 Å². The fourth-order valence-corrected chi connectivity index (χ4v) is 3.76. The first-order chi connectivity index (χ1) is 11.2. The molecule has 0 radical (unpaired) electrons. The highest BCUT2D eigenvalue weighted by molar-refractivity contribution is 5.96. The SMILES string of the molecule is CC(C)c1c(C(=O)N2CCCC3CC32)cnn1-c1ccccn1. The molecule has 2 aliphatic rings. The van der Waals surface area contributed by atoms with Crippen LogP contribution in [0.3, 0.4) is 0 Å². The molecule has 0 spiro atoms. The van der Waals surface area contributed by atoms with Crippen LogP contribution in [-0.2, 0) is 0 Å². The Labute approximate surface area is 136 Å². The highest BCUT2D eigenvalue weighted by Crippen LogP contribution is 2.43. The van der Waals surface area contributed by atoms with E-state index in [9.17, 15) is 4.79 Å². The van der Waals surface area contributed by atoms with Crippen molar-refractivity contribution in [1.29, 1.82) is 0 Å². The molecular formula is C18H22N4O. The number of hydrogen-bond donors (Lipinski definition) is 0. The van der Waals surface area contributed by atoms with Crippen LogP contribution >= 0.6 is 0 Å². The van der Waals surface area contributed by atoms with E-state index >= 15 is 0 Å². The summed E-state index contributed by atoms with van der Waals surface area (Å²) < 4.78 is 1.81. The number of carbonyl (C=O) groups excluding carboxylic acids is 1. The van der Waals surface area contributed by atoms with Gasteiger partial charge >= 0.3 is 0 Å². The first-order valence-electron chi connectivity index (χ1n) is 8.47. The molecule has 0 N–H and O–H groups in total. The Morgan fingerprint density at radius 2 is 2.22 bits per heavy atom. The molecule has 1 saturated heterocycles. The molecule has 3 heterocycles. The van der Waals surface area contributed by atoms with Crippen LogP contribution in [-0.4, -0.2) is 38.2 Å². The summed E-state index contributed by atoms with van der Waals surface area (Å²) in [7, 11) is 0. The summed E-state index contributed by atoms with van der Waals surface area (Å²) in [6, 6.07) is 6.21. The van der Waals surface area contributed by atoms with Gasteiger partial charge < -0.3 is 4.90 Å². The molecule has 5 nitrogen and oxygen atoms in total. The number of carbonyl (C=O) groups is 1. The van der Waals surface area contributed by atoms with Crippen LogP contribution in [0, 0.1) is 5.92 Å². The maximum Gasteiger partial charge on any atom is 0.257 e. The first kappa shape index (κ1) is 14.4. The molecule has 1 amide bonds. The Hall–Kier alpha value is -2.17. The zero-order chi connectivity index (χ0) is 16.0. The lowest BCUT2D eigenvalue weighted by Gasteiger charge is -2.27. The second kappa shape index (κ2) is 5.48. The van der Waals surface area contributed by atoms with E-state index < -0.39 is 0 Å². The Morgan fingerprint density at radius 3 is 2.96 bits per heavy atom. The lowest BCUT2D eigenvalue weighted by molar-refractivity contribution is 0.0704. The molecule has 120 valence electrons. The number of amides is 1. The van der Waals surface area contributed by atoms with E-state index in [0.29, 0.717) is 6.04 Å². The van der Waals surface area contributed by atoms with Crippen molar-refractivity contribution >= 4 is 5.91 Å². The summed E-state index contributed by atoms with van der Waals surface area (Å²) in [5.41, 5.74) is 1.69. The van der Waals surface area contributed by atoms with Gasteiger partial charge in [0.15, 0.2) is 5.82 Å². The molecule has 1 saturated carbocycles. The van der Waals surface area contributed by atoms with Crippen LogP contribution in [0.2, 0.25) is 0 Å². The lowest BCUT2D eigenvalue weighted by Crippen LogP contribution is -2.37. The maximum atomic E-state index is 13.1. The van der Waals surface area contributed by atoms with Crippen molar-refractivity contribution in [3.8, 4) is 5.82 Å². The minimum absolute atomic E-state index is 0.142. The van der Waals surface area contributed by atoms with Crippen molar-refractivity contribution in [2.24, 2.45) is 5.92 Å². The van der Waals surface area contributed by atoms with Crippen LogP contribution in [0.4, 0.5) is 0 Å². The molecule has 5 heteroatoms. The predicted molar refractivity (Wildman–Crippen MR) is 87.6 cm³/mol. The average molecular weight is 310 g/mol. The third-order valence-electron chi connectivity index (χ3n) is 4.97. The maximum absolute atomic E-state index is 13.1. The Bertz CT molecular complexity index is 722. The summed E-state index contributed by atoms with van der Waals surface area (Å²) in [4.78, 5) is 19.5. The number of piperidine rings is 1. The molecule has 2 aromatic heterocycles. The molecular weight excluding hydrogens is 288 g/mol. The fraction of sp³-hybridized carbons (Fsp3) is 0.500. The number of likely N-dealkylation sites (tertiary alicyclic amines) is 1. The molecule has 23 heavy (non-hydrogen) atoms. The van der Waals surface area contributed by atoms with E-state index in [1.807, 2.05) is 22.9 Å². The van der Waals surface area contributed by atoms with Crippen LogP contribution < -0.4 is 0 Å². The number of hydrogen-bond acceptors (Lipinski definition) is 3. The number of pyridine rings is 1. The number of fused-ring (bicyclic) bond motifs is 1. The van der Waals surface area contributed by atoms with Gasteiger partial charge in [-0.2, -0.15) is 5.10 Å². The van der Waals surface area contributed by atoms with E-state index in [1.165, 1.54) is 12.8 Å². The molecule has 4 rings (SSSR count). The molecule has 1 aliphatic heterocycles. The molecule has 0 bridgehead atoms. The standard InChI is InChI=1S/C18H22N4O/c1-12(2)17-14(11-20-22(17)16-7-3-4-8-19-16)18(23)21-9-5-6-13-10-15(13)21/h3-4,7-8,11-13,15H,5-6,9-10H2,1-2H3. The Morgan fingerprint density at radius 1 is 1.35 bits per heavy atom. The zero-order valence-corrected chi connectivity index (χ0v) is 13.6. The van der Waals surface area contributed by atoms with Gasteiger partial charge in [-0.05, 0) is 43.2 Å². The summed E-state index contributed by atoms with van der Waals surface area (Å²) in [6.07, 6.45) is 7.05. The topological polar surface area (TPSA) is 51.0 Å². The summed E-state index contributed by atoms with van der Waals surface area (Å²) in [6.45, 7) is 5.08. The second-order valence-electron chi connectivity index (χ2n) is 6.90. The predicted octanol–water partition coefficient (Wildman–Crippen LogP) is 3.02. The van der Waals surface area contributed by atoms with Gasteiger partial charge in [-0.25, -0.2) is 9.67 Å². The molecule has 2 aromatic rings. The van der Waals surface area contributed by atoms with Gasteiger partial charge in [0.25, 0.3) is 5.91 Å². The monoisotopic (exact) mass is 310 g/mol. The first-order valence-corrected chi connectivity index (χ1v) is 8.47. The number of nitrogens with zero attached hydrogens (tertiary/aromatic N) is 4. The average Bonchev–Trinajstić information content (AvgIpc) is 3.23. The van der Waals surface area contributed by atoms with Gasteiger partial charge in [0.2, 0.25) is 0 Å². The van der Waals surface area contributed by atoms with Gasteiger partial charge in [0, 0.05) is 18.8 Å². The highest BCUT2D eigenvalue weighted by Gasteiger charge is 2.46. The van der Waals surface area contributed by atoms with Crippen molar-refractivity contribution in [2.45, 2.75) is 45.1 Å². The normalized spacial score (nSPS) is 23.0. The Balaban J connectivity index is 1.71. The van der Waals surface area contributed by atoms with E-state index in [0.717, 1.165) is 36.0 Å². The van der Waals surface area contributed by atoms with Crippen LogP contribution in [0.1, 0.15) is 55.1 Å². The van der Waals surface area contributed by atoms with Gasteiger partial charge in [0.05, 0.1) is 17.5 Å². The van der Waals surface area contributed by atoms with Crippen molar-refractivity contribution < 1.29 is 4.79 Å². The Kier molecular flexibility index (Phi) is 3.43. The van der Waals surface area contributed by atoms with Crippen molar-refractivity contribution in [3.05, 3.63) is 41.9 Å². The van der Waals surface area contributed by atoms with E-state index in [4.69, 9.17) is 0 Å². The lowest BCUT2D eigenvalue weighted by atomic mass is 10.0. The molecule has 2 fully saturated rings. The van der Waals surface area contributed by atoms with Gasteiger partial charge in [-0.15, -0.1) is 0 Å². The van der Waals surface area contributed by atoms with Gasteiger partial charge in [0.1, 0.15) is 0 Å². The van der Waals surface area contributed by atoms with E-state index in [1.54, 1.807) is 12.4 Å². The van der Waals surface area contributed by atoms with Gasteiger partial charge in [-0.3, -0.25) is 4.79 Å². The molecule has 0 aromatic carbocycles. The van der Waals surface area contributed by atoms with Crippen molar-refractivity contribution in [1.82, 2.24) is 19.7 Å². The van der Waals surface area contributed by atoms with Crippen LogP contribution in [0.25, 0.3) is 5.82 Å². The number of aromatic nitrogens is 3.